The zero-order valence-corrected chi connectivity index (χ0v) is 11.0. The lowest BCUT2D eigenvalue weighted by Crippen LogP contribution is -2.25. The molecular formula is C14H17N3O3. The number of hydrazine groups is 1. The van der Waals surface area contributed by atoms with Crippen LogP contribution >= 0.6 is 0 Å². The molecule has 2 aliphatic rings. The van der Waals surface area contributed by atoms with Crippen LogP contribution in [0.1, 0.15) is 30.0 Å². The Bertz CT molecular complexity index is 559. The molecule has 0 aliphatic carbocycles. The molecule has 1 aromatic rings. The Kier molecular flexibility index (Phi) is 3.42. The molecule has 20 heavy (non-hydrogen) atoms. The normalized spacial score (nSPS) is 24.5. The number of carboxylic acids is 1. The third kappa shape index (κ3) is 2.52. The predicted molar refractivity (Wildman–Crippen MR) is 73.0 cm³/mol. The lowest BCUT2D eigenvalue weighted by molar-refractivity contribution is -0.137. The van der Waals surface area contributed by atoms with Crippen LogP contribution < -0.4 is 16.2 Å². The molecule has 0 spiro atoms. The van der Waals surface area contributed by atoms with Crippen LogP contribution in [0.15, 0.2) is 18.2 Å². The number of hydrogen-bond donors (Lipinski definition) is 4. The van der Waals surface area contributed by atoms with Crippen molar-refractivity contribution in [3.8, 4) is 0 Å². The first-order chi connectivity index (χ1) is 9.63. The minimum Gasteiger partial charge on any atom is -0.481 e. The maximum atomic E-state index is 11.4. The van der Waals surface area contributed by atoms with Gasteiger partial charge in [0.15, 0.2) is 0 Å². The number of carbonyl (C=O) groups excluding carboxylic acids is 1. The maximum Gasteiger partial charge on any atom is 0.303 e. The van der Waals surface area contributed by atoms with Crippen molar-refractivity contribution in [1.82, 2.24) is 10.9 Å². The molecule has 3 rings (SSSR count). The number of carboxylic acid groups (broad SMARTS) is 1. The average molecular weight is 275 g/mol. The minimum absolute atomic E-state index is 0.0251. The standard InChI is InChI=1S/C14H17N3O3/c18-12-6-10-5-8(1-3-11(10)16-12)14-9(7-15-17-14)2-4-13(19)20/h1,3,5,9,14-15,17H,2,4,6-7H2,(H,16,18)(H,19,20). The van der Waals surface area contributed by atoms with E-state index in [2.05, 4.69) is 16.2 Å². The van der Waals surface area contributed by atoms with E-state index in [0.717, 1.165) is 23.4 Å². The molecule has 106 valence electrons. The van der Waals surface area contributed by atoms with Gasteiger partial charge in [-0.3, -0.25) is 15.0 Å². The Morgan fingerprint density at radius 3 is 3.05 bits per heavy atom. The van der Waals surface area contributed by atoms with Crippen molar-refractivity contribution in [2.24, 2.45) is 5.92 Å². The van der Waals surface area contributed by atoms with Gasteiger partial charge in [0.2, 0.25) is 5.91 Å². The summed E-state index contributed by atoms with van der Waals surface area (Å²) in [4.78, 5) is 22.1. The molecule has 2 atom stereocenters. The lowest BCUT2D eigenvalue weighted by Gasteiger charge is -2.18. The van der Waals surface area contributed by atoms with E-state index in [9.17, 15) is 9.59 Å². The summed E-state index contributed by atoms with van der Waals surface area (Å²) in [7, 11) is 0. The average Bonchev–Trinajstić information content (AvgIpc) is 2.99. The van der Waals surface area contributed by atoms with Crippen LogP contribution in [0.3, 0.4) is 0 Å². The van der Waals surface area contributed by atoms with Crippen LogP contribution in [0.2, 0.25) is 0 Å². The maximum absolute atomic E-state index is 11.4. The van der Waals surface area contributed by atoms with Crippen LogP contribution in [0.5, 0.6) is 0 Å². The number of carbonyl (C=O) groups is 2. The van der Waals surface area contributed by atoms with E-state index in [1.54, 1.807) is 0 Å². The molecule has 2 heterocycles. The van der Waals surface area contributed by atoms with Crippen molar-refractivity contribution in [2.45, 2.75) is 25.3 Å². The van der Waals surface area contributed by atoms with Crippen LogP contribution in [-0.4, -0.2) is 23.5 Å². The molecule has 6 heteroatoms. The highest BCUT2D eigenvalue weighted by molar-refractivity contribution is 5.99. The highest BCUT2D eigenvalue weighted by Crippen LogP contribution is 2.32. The summed E-state index contributed by atoms with van der Waals surface area (Å²) in [5.74, 6) is -0.495. The summed E-state index contributed by atoms with van der Waals surface area (Å²) in [5, 5.41) is 11.6. The number of benzene rings is 1. The molecule has 0 aromatic heterocycles. The number of anilines is 1. The molecule has 1 aromatic carbocycles. The van der Waals surface area contributed by atoms with Crippen molar-refractivity contribution in [2.75, 3.05) is 11.9 Å². The van der Waals surface area contributed by atoms with Crippen molar-refractivity contribution < 1.29 is 14.7 Å². The van der Waals surface area contributed by atoms with Gasteiger partial charge in [0.05, 0.1) is 12.5 Å². The van der Waals surface area contributed by atoms with Crippen molar-refractivity contribution in [3.05, 3.63) is 29.3 Å². The molecule has 1 fully saturated rings. The summed E-state index contributed by atoms with van der Waals surface area (Å²) in [6.07, 6.45) is 1.23. The topological polar surface area (TPSA) is 90.5 Å². The Labute approximate surface area is 116 Å². The van der Waals surface area contributed by atoms with E-state index in [4.69, 9.17) is 5.11 Å². The summed E-state index contributed by atoms with van der Waals surface area (Å²) in [5.41, 5.74) is 9.29. The van der Waals surface area contributed by atoms with E-state index in [1.807, 2.05) is 18.2 Å². The number of rotatable bonds is 4. The van der Waals surface area contributed by atoms with Gasteiger partial charge in [-0.15, -0.1) is 0 Å². The Morgan fingerprint density at radius 1 is 1.40 bits per heavy atom. The summed E-state index contributed by atoms with van der Waals surface area (Å²) in [6.45, 7) is 0.756. The lowest BCUT2D eigenvalue weighted by atomic mass is 9.90. The molecular weight excluding hydrogens is 258 g/mol. The smallest absolute Gasteiger partial charge is 0.303 e. The number of amides is 1. The number of aliphatic carboxylic acids is 1. The third-order valence-corrected chi connectivity index (χ3v) is 3.94. The second kappa shape index (κ2) is 5.22. The van der Waals surface area contributed by atoms with Crippen molar-refractivity contribution in [3.63, 3.8) is 0 Å². The quantitative estimate of drug-likeness (QED) is 0.653. The Balaban J connectivity index is 1.76. The fraction of sp³-hybridized carbons (Fsp3) is 0.429. The second-order valence-electron chi connectivity index (χ2n) is 5.34. The molecule has 2 unspecified atom stereocenters. The molecule has 4 N–H and O–H groups in total. The van der Waals surface area contributed by atoms with Crippen molar-refractivity contribution in [1.29, 1.82) is 0 Å². The SMILES string of the molecule is O=C(O)CCC1CNNC1c1ccc2c(c1)CC(=O)N2. The van der Waals surface area contributed by atoms with Gasteiger partial charge in [-0.2, -0.15) is 0 Å². The van der Waals surface area contributed by atoms with Crippen LogP contribution in [0.25, 0.3) is 0 Å². The first-order valence-corrected chi connectivity index (χ1v) is 6.76. The number of nitrogens with one attached hydrogen (secondary N) is 3. The van der Waals surface area contributed by atoms with Crippen LogP contribution in [0, 0.1) is 5.92 Å². The van der Waals surface area contributed by atoms with E-state index in [-0.39, 0.29) is 24.3 Å². The monoisotopic (exact) mass is 275 g/mol. The summed E-state index contributed by atoms with van der Waals surface area (Å²) >= 11 is 0. The fourth-order valence-electron chi connectivity index (χ4n) is 2.91. The fourth-order valence-corrected chi connectivity index (χ4v) is 2.91. The third-order valence-electron chi connectivity index (χ3n) is 3.94. The van der Waals surface area contributed by atoms with E-state index in [1.165, 1.54) is 0 Å². The molecule has 1 amide bonds. The number of hydrogen-bond acceptors (Lipinski definition) is 4. The van der Waals surface area contributed by atoms with Gasteiger partial charge < -0.3 is 10.4 Å². The van der Waals surface area contributed by atoms with E-state index < -0.39 is 5.97 Å². The van der Waals surface area contributed by atoms with Gasteiger partial charge in [0.25, 0.3) is 0 Å². The van der Waals surface area contributed by atoms with E-state index >= 15 is 0 Å². The summed E-state index contributed by atoms with van der Waals surface area (Å²) < 4.78 is 0. The van der Waals surface area contributed by atoms with Crippen LogP contribution in [0.4, 0.5) is 5.69 Å². The molecule has 0 bridgehead atoms. The largest absolute Gasteiger partial charge is 0.481 e. The molecule has 2 aliphatic heterocycles. The van der Waals surface area contributed by atoms with Gasteiger partial charge in [0.1, 0.15) is 0 Å². The molecule has 6 nitrogen and oxygen atoms in total. The Morgan fingerprint density at radius 2 is 2.25 bits per heavy atom. The highest BCUT2D eigenvalue weighted by Gasteiger charge is 2.29. The summed E-state index contributed by atoms with van der Waals surface area (Å²) in [6, 6.07) is 6.04. The first kappa shape index (κ1) is 13.1. The van der Waals surface area contributed by atoms with Crippen molar-refractivity contribution >= 4 is 17.6 Å². The Hall–Kier alpha value is -1.92. The van der Waals surface area contributed by atoms with Gasteiger partial charge in [-0.05, 0) is 29.5 Å². The number of fused-ring (bicyclic) bond motifs is 1. The molecule has 0 saturated carbocycles. The first-order valence-electron chi connectivity index (χ1n) is 6.76. The van der Waals surface area contributed by atoms with Crippen LogP contribution in [-0.2, 0) is 16.0 Å². The second-order valence-corrected chi connectivity index (χ2v) is 5.34. The van der Waals surface area contributed by atoms with E-state index in [0.29, 0.717) is 12.8 Å². The van der Waals surface area contributed by atoms with Gasteiger partial charge in [-0.1, -0.05) is 12.1 Å². The van der Waals surface area contributed by atoms with Gasteiger partial charge in [0, 0.05) is 18.7 Å². The van der Waals surface area contributed by atoms with Gasteiger partial charge in [-0.25, -0.2) is 5.43 Å². The van der Waals surface area contributed by atoms with Gasteiger partial charge >= 0.3 is 5.97 Å². The predicted octanol–water partition coefficient (Wildman–Crippen LogP) is 0.811. The highest BCUT2D eigenvalue weighted by atomic mass is 16.4. The molecule has 1 saturated heterocycles. The minimum atomic E-state index is -0.764. The zero-order valence-electron chi connectivity index (χ0n) is 11.0. The molecule has 0 radical (unpaired) electrons. The zero-order chi connectivity index (χ0) is 14.1.